The molecule has 1 fully saturated rings. The van der Waals surface area contributed by atoms with Crippen LogP contribution in [0.25, 0.3) is 0 Å². The van der Waals surface area contributed by atoms with E-state index in [-0.39, 0.29) is 12.0 Å². The van der Waals surface area contributed by atoms with Crippen LogP contribution in [-0.4, -0.2) is 41.9 Å². The Morgan fingerprint density at radius 3 is 2.38 bits per heavy atom. The van der Waals surface area contributed by atoms with Crippen LogP contribution in [0.2, 0.25) is 0 Å². The molecule has 0 radical (unpaired) electrons. The van der Waals surface area contributed by atoms with Gasteiger partial charge in [-0.1, -0.05) is 6.92 Å². The van der Waals surface area contributed by atoms with E-state index in [2.05, 4.69) is 0 Å². The van der Waals surface area contributed by atoms with Gasteiger partial charge in [-0.05, 0) is 13.3 Å². The van der Waals surface area contributed by atoms with Gasteiger partial charge in [0.15, 0.2) is 6.29 Å². The molecule has 4 heteroatoms. The quantitative estimate of drug-likeness (QED) is 0.649. The molecule has 0 amide bonds. The Kier molecular flexibility index (Phi) is 3.67. The standard InChI is InChI=1S/C9H18O4/c1-4-6-5(2)13-9(12-3)8(11)7(6)10/h5-11H,4H2,1-3H3/t5?,6-,7-,8?,9+/m0/s1. The first kappa shape index (κ1) is 10.9. The zero-order valence-electron chi connectivity index (χ0n) is 8.30. The average Bonchev–Trinajstić information content (AvgIpc) is 2.12. The lowest BCUT2D eigenvalue weighted by molar-refractivity contribution is -0.274. The molecule has 0 aromatic rings. The number of rotatable bonds is 2. The number of methoxy groups -OCH3 is 1. The van der Waals surface area contributed by atoms with E-state index >= 15 is 0 Å². The molecule has 0 aromatic heterocycles. The molecular formula is C9H18O4. The van der Waals surface area contributed by atoms with Gasteiger partial charge >= 0.3 is 0 Å². The molecule has 1 heterocycles. The van der Waals surface area contributed by atoms with Gasteiger partial charge in [-0.2, -0.15) is 0 Å². The fraction of sp³-hybridized carbons (Fsp3) is 1.00. The third-order valence-corrected chi connectivity index (χ3v) is 2.72. The summed E-state index contributed by atoms with van der Waals surface area (Å²) in [6.07, 6.45) is -1.68. The lowest BCUT2D eigenvalue weighted by Gasteiger charge is -2.40. The monoisotopic (exact) mass is 190 g/mol. The van der Waals surface area contributed by atoms with Crippen LogP contribution in [0.15, 0.2) is 0 Å². The van der Waals surface area contributed by atoms with Gasteiger partial charge in [0, 0.05) is 13.0 Å². The number of ether oxygens (including phenoxy) is 2. The highest BCUT2D eigenvalue weighted by atomic mass is 16.7. The van der Waals surface area contributed by atoms with Gasteiger partial charge in [0.1, 0.15) is 6.10 Å². The van der Waals surface area contributed by atoms with Crippen LogP contribution in [0.4, 0.5) is 0 Å². The molecular weight excluding hydrogens is 172 g/mol. The maximum absolute atomic E-state index is 9.70. The second-order valence-corrected chi connectivity index (χ2v) is 3.50. The van der Waals surface area contributed by atoms with Crippen LogP contribution >= 0.6 is 0 Å². The van der Waals surface area contributed by atoms with Gasteiger partial charge in [0.2, 0.25) is 0 Å². The lowest BCUT2D eigenvalue weighted by atomic mass is 9.88. The predicted octanol–water partition coefficient (Wildman–Crippen LogP) is 0.126. The Hall–Kier alpha value is -0.160. The van der Waals surface area contributed by atoms with Crippen molar-refractivity contribution in [1.29, 1.82) is 0 Å². The number of aliphatic hydroxyl groups is 2. The van der Waals surface area contributed by atoms with Crippen molar-refractivity contribution >= 4 is 0 Å². The van der Waals surface area contributed by atoms with E-state index in [4.69, 9.17) is 9.47 Å². The molecule has 78 valence electrons. The van der Waals surface area contributed by atoms with E-state index in [1.54, 1.807) is 0 Å². The van der Waals surface area contributed by atoms with Crippen molar-refractivity contribution in [2.24, 2.45) is 5.92 Å². The van der Waals surface area contributed by atoms with E-state index in [1.807, 2.05) is 13.8 Å². The molecule has 13 heavy (non-hydrogen) atoms. The predicted molar refractivity (Wildman–Crippen MR) is 47.1 cm³/mol. The van der Waals surface area contributed by atoms with Gasteiger partial charge in [-0.15, -0.1) is 0 Å². The van der Waals surface area contributed by atoms with Gasteiger partial charge in [0.05, 0.1) is 12.2 Å². The summed E-state index contributed by atoms with van der Waals surface area (Å²) in [5, 5.41) is 19.3. The number of hydrogen-bond donors (Lipinski definition) is 2. The topological polar surface area (TPSA) is 58.9 Å². The SMILES string of the molecule is CC[C@H]1C(C)O[C@@H](OC)C(O)[C@H]1O. The lowest BCUT2D eigenvalue weighted by Crippen LogP contribution is -2.53. The molecule has 0 saturated carbocycles. The zero-order chi connectivity index (χ0) is 10.0. The van der Waals surface area contributed by atoms with E-state index in [9.17, 15) is 10.2 Å². The molecule has 0 bridgehead atoms. The van der Waals surface area contributed by atoms with E-state index in [0.29, 0.717) is 0 Å². The Morgan fingerprint density at radius 1 is 1.31 bits per heavy atom. The fourth-order valence-corrected chi connectivity index (χ4v) is 1.85. The molecule has 1 aliphatic heterocycles. The van der Waals surface area contributed by atoms with Crippen molar-refractivity contribution in [2.75, 3.05) is 7.11 Å². The number of hydrogen-bond acceptors (Lipinski definition) is 4. The van der Waals surface area contributed by atoms with Gasteiger partial charge in [-0.25, -0.2) is 0 Å². The molecule has 2 N–H and O–H groups in total. The van der Waals surface area contributed by atoms with Crippen LogP contribution in [-0.2, 0) is 9.47 Å². The fourth-order valence-electron chi connectivity index (χ4n) is 1.85. The first-order chi connectivity index (χ1) is 6.11. The molecule has 0 aromatic carbocycles. The minimum atomic E-state index is -0.939. The van der Waals surface area contributed by atoms with E-state index in [1.165, 1.54) is 7.11 Å². The Morgan fingerprint density at radius 2 is 1.92 bits per heavy atom. The van der Waals surface area contributed by atoms with Crippen molar-refractivity contribution < 1.29 is 19.7 Å². The molecule has 1 saturated heterocycles. The molecule has 1 rings (SSSR count). The highest BCUT2D eigenvalue weighted by Crippen LogP contribution is 2.28. The maximum atomic E-state index is 9.70. The van der Waals surface area contributed by atoms with Crippen LogP contribution in [0.1, 0.15) is 20.3 Å². The minimum Gasteiger partial charge on any atom is -0.390 e. The Balaban J connectivity index is 2.66. The van der Waals surface area contributed by atoms with Crippen molar-refractivity contribution in [1.82, 2.24) is 0 Å². The highest BCUT2D eigenvalue weighted by Gasteiger charge is 2.41. The van der Waals surface area contributed by atoms with Gasteiger partial charge < -0.3 is 19.7 Å². The minimum absolute atomic E-state index is 0.0126. The van der Waals surface area contributed by atoms with Crippen LogP contribution in [0.5, 0.6) is 0 Å². The first-order valence-electron chi connectivity index (χ1n) is 4.66. The third kappa shape index (κ3) is 2.02. The van der Waals surface area contributed by atoms with Crippen LogP contribution < -0.4 is 0 Å². The summed E-state index contributed by atoms with van der Waals surface area (Å²) >= 11 is 0. The zero-order valence-corrected chi connectivity index (χ0v) is 8.30. The van der Waals surface area contributed by atoms with E-state index in [0.717, 1.165) is 6.42 Å². The summed E-state index contributed by atoms with van der Waals surface area (Å²) in [4.78, 5) is 0. The summed E-state index contributed by atoms with van der Waals surface area (Å²) in [7, 11) is 1.46. The molecule has 0 aliphatic carbocycles. The van der Waals surface area contributed by atoms with E-state index < -0.39 is 18.5 Å². The molecule has 2 unspecified atom stereocenters. The summed E-state index contributed by atoms with van der Waals surface area (Å²) in [5.41, 5.74) is 0. The summed E-state index contributed by atoms with van der Waals surface area (Å²) in [5.74, 6) is -0.0126. The van der Waals surface area contributed by atoms with Crippen LogP contribution in [0.3, 0.4) is 0 Å². The summed E-state index contributed by atoms with van der Waals surface area (Å²) in [6.45, 7) is 3.85. The molecule has 4 nitrogen and oxygen atoms in total. The van der Waals surface area contributed by atoms with Crippen molar-refractivity contribution in [3.63, 3.8) is 0 Å². The third-order valence-electron chi connectivity index (χ3n) is 2.72. The molecule has 5 atom stereocenters. The second-order valence-electron chi connectivity index (χ2n) is 3.50. The first-order valence-corrected chi connectivity index (χ1v) is 4.66. The second kappa shape index (κ2) is 4.37. The normalized spacial score (nSPS) is 46.4. The summed E-state index contributed by atoms with van der Waals surface area (Å²) < 4.78 is 10.3. The van der Waals surface area contributed by atoms with Crippen molar-refractivity contribution in [3.05, 3.63) is 0 Å². The highest BCUT2D eigenvalue weighted by molar-refractivity contribution is 4.86. The molecule has 1 aliphatic rings. The van der Waals surface area contributed by atoms with Crippen molar-refractivity contribution in [2.45, 2.75) is 44.9 Å². The van der Waals surface area contributed by atoms with Gasteiger partial charge in [0.25, 0.3) is 0 Å². The maximum Gasteiger partial charge on any atom is 0.185 e. The molecule has 0 spiro atoms. The van der Waals surface area contributed by atoms with Crippen LogP contribution in [0, 0.1) is 5.92 Å². The Bertz CT molecular complexity index is 162. The van der Waals surface area contributed by atoms with Crippen molar-refractivity contribution in [3.8, 4) is 0 Å². The average molecular weight is 190 g/mol. The Labute approximate surface area is 78.5 Å². The smallest absolute Gasteiger partial charge is 0.185 e. The largest absolute Gasteiger partial charge is 0.390 e. The van der Waals surface area contributed by atoms with Gasteiger partial charge in [-0.3, -0.25) is 0 Å². The number of aliphatic hydroxyl groups excluding tert-OH is 2. The summed E-state index contributed by atoms with van der Waals surface area (Å²) in [6, 6.07) is 0.